The molecule has 164 valence electrons. The lowest BCUT2D eigenvalue weighted by molar-refractivity contribution is 0.181. The van der Waals surface area contributed by atoms with E-state index in [9.17, 15) is 8.42 Å². The summed E-state index contributed by atoms with van der Waals surface area (Å²) in [7, 11) is 0.291. The first-order valence-corrected chi connectivity index (χ1v) is 11.5. The van der Waals surface area contributed by atoms with Crippen molar-refractivity contribution in [1.29, 1.82) is 0 Å². The SMILES string of the molecule is CN=C(NCc1ccccc1S(=O)(=O)N1CCCCC1)N(C)CC1CCOC1.I. The van der Waals surface area contributed by atoms with Crippen molar-refractivity contribution < 1.29 is 13.2 Å². The molecule has 1 atom stereocenters. The van der Waals surface area contributed by atoms with Crippen LogP contribution in [0.25, 0.3) is 0 Å². The fourth-order valence-electron chi connectivity index (χ4n) is 3.91. The molecule has 2 fully saturated rings. The van der Waals surface area contributed by atoms with Crippen LogP contribution in [0.2, 0.25) is 0 Å². The van der Waals surface area contributed by atoms with Gasteiger partial charge in [0.25, 0.3) is 0 Å². The monoisotopic (exact) mass is 536 g/mol. The van der Waals surface area contributed by atoms with E-state index in [-0.39, 0.29) is 24.0 Å². The molecule has 2 heterocycles. The average molecular weight is 536 g/mol. The first-order valence-electron chi connectivity index (χ1n) is 10.1. The van der Waals surface area contributed by atoms with Crippen LogP contribution in [0.1, 0.15) is 31.2 Å². The molecule has 1 N–H and O–H groups in total. The molecule has 0 saturated carbocycles. The summed E-state index contributed by atoms with van der Waals surface area (Å²) in [6, 6.07) is 7.27. The van der Waals surface area contributed by atoms with E-state index in [4.69, 9.17) is 4.74 Å². The predicted octanol–water partition coefficient (Wildman–Crippen LogP) is 2.52. The maximum absolute atomic E-state index is 13.1. The van der Waals surface area contributed by atoms with E-state index < -0.39 is 10.0 Å². The Labute approximate surface area is 192 Å². The zero-order valence-electron chi connectivity index (χ0n) is 17.3. The largest absolute Gasteiger partial charge is 0.381 e. The summed E-state index contributed by atoms with van der Waals surface area (Å²) in [6.45, 7) is 4.12. The Kier molecular flexibility index (Phi) is 9.64. The Morgan fingerprint density at radius 3 is 2.66 bits per heavy atom. The summed E-state index contributed by atoms with van der Waals surface area (Å²) < 4.78 is 33.3. The van der Waals surface area contributed by atoms with Crippen molar-refractivity contribution in [3.8, 4) is 0 Å². The van der Waals surface area contributed by atoms with Crippen LogP contribution >= 0.6 is 24.0 Å². The molecular formula is C20H33IN4O3S. The molecule has 0 aliphatic carbocycles. The van der Waals surface area contributed by atoms with Gasteiger partial charge in [0.15, 0.2) is 5.96 Å². The number of hydrogen-bond acceptors (Lipinski definition) is 4. The molecule has 29 heavy (non-hydrogen) atoms. The standard InChI is InChI=1S/C20H32N4O3S.HI/c1-21-20(23(2)15-17-10-13-27-16-17)22-14-18-8-4-5-9-19(18)28(25,26)24-11-6-3-7-12-24;/h4-5,8-9,17H,3,6-7,10-16H2,1-2H3,(H,21,22);1H. The number of hydrogen-bond donors (Lipinski definition) is 1. The van der Waals surface area contributed by atoms with Crippen LogP contribution in [0, 0.1) is 5.92 Å². The van der Waals surface area contributed by atoms with Crippen molar-refractivity contribution >= 4 is 40.0 Å². The van der Waals surface area contributed by atoms with E-state index in [1.807, 2.05) is 19.2 Å². The maximum atomic E-state index is 13.1. The predicted molar refractivity (Wildman–Crippen MR) is 126 cm³/mol. The summed E-state index contributed by atoms with van der Waals surface area (Å²) in [4.78, 5) is 6.84. The average Bonchev–Trinajstić information content (AvgIpc) is 3.22. The normalized spacial score (nSPS) is 20.9. The second kappa shape index (κ2) is 11.5. The third kappa shape index (κ3) is 6.28. The smallest absolute Gasteiger partial charge is 0.243 e. The molecule has 1 unspecified atom stereocenters. The van der Waals surface area contributed by atoms with Gasteiger partial charge in [-0.05, 0) is 30.9 Å². The topological polar surface area (TPSA) is 74.2 Å². The molecule has 3 rings (SSSR count). The van der Waals surface area contributed by atoms with Gasteiger partial charge in [-0.1, -0.05) is 24.6 Å². The van der Waals surface area contributed by atoms with E-state index in [0.717, 1.165) is 57.0 Å². The maximum Gasteiger partial charge on any atom is 0.243 e. The minimum absolute atomic E-state index is 0. The Hall–Kier alpha value is -0.910. The van der Waals surface area contributed by atoms with Crippen LogP contribution in [-0.4, -0.2) is 70.5 Å². The summed E-state index contributed by atoms with van der Waals surface area (Å²) in [5, 5.41) is 3.33. The van der Waals surface area contributed by atoms with Crippen LogP contribution in [0.3, 0.4) is 0 Å². The summed E-state index contributed by atoms with van der Waals surface area (Å²) >= 11 is 0. The number of aliphatic imine (C=N–C) groups is 1. The highest BCUT2D eigenvalue weighted by Crippen LogP contribution is 2.23. The van der Waals surface area contributed by atoms with Gasteiger partial charge in [-0.3, -0.25) is 4.99 Å². The first-order chi connectivity index (χ1) is 13.5. The molecule has 1 aromatic rings. The second-order valence-electron chi connectivity index (χ2n) is 7.58. The summed E-state index contributed by atoms with van der Waals surface area (Å²) in [5.41, 5.74) is 0.770. The van der Waals surface area contributed by atoms with Crippen molar-refractivity contribution in [3.05, 3.63) is 29.8 Å². The number of ether oxygens (including phenoxy) is 1. The van der Waals surface area contributed by atoms with Crippen LogP contribution in [0.15, 0.2) is 34.2 Å². The molecule has 1 aromatic carbocycles. The van der Waals surface area contributed by atoms with Gasteiger partial charge in [0.1, 0.15) is 0 Å². The fraction of sp³-hybridized carbons (Fsp3) is 0.650. The molecule has 2 aliphatic heterocycles. The molecule has 2 saturated heterocycles. The molecule has 7 nitrogen and oxygen atoms in total. The minimum Gasteiger partial charge on any atom is -0.381 e. The molecule has 2 aliphatic rings. The van der Waals surface area contributed by atoms with E-state index in [2.05, 4.69) is 15.2 Å². The van der Waals surface area contributed by atoms with Gasteiger partial charge in [0, 0.05) is 52.8 Å². The zero-order chi connectivity index (χ0) is 20.0. The quantitative estimate of drug-likeness (QED) is 0.344. The molecular weight excluding hydrogens is 503 g/mol. The highest BCUT2D eigenvalue weighted by atomic mass is 127. The first kappa shape index (κ1) is 24.4. The Morgan fingerprint density at radius 2 is 2.00 bits per heavy atom. The lowest BCUT2D eigenvalue weighted by Gasteiger charge is -2.27. The van der Waals surface area contributed by atoms with E-state index in [1.165, 1.54) is 0 Å². The molecule has 0 bridgehead atoms. The number of rotatable bonds is 6. The Bertz CT molecular complexity index is 776. The molecule has 9 heteroatoms. The van der Waals surface area contributed by atoms with Crippen LogP contribution in [0.5, 0.6) is 0 Å². The van der Waals surface area contributed by atoms with Gasteiger partial charge in [0.05, 0.1) is 11.5 Å². The number of guanidine groups is 1. The zero-order valence-corrected chi connectivity index (χ0v) is 20.5. The van der Waals surface area contributed by atoms with E-state index >= 15 is 0 Å². The van der Waals surface area contributed by atoms with Crippen molar-refractivity contribution in [3.63, 3.8) is 0 Å². The van der Waals surface area contributed by atoms with Crippen molar-refractivity contribution in [2.24, 2.45) is 10.9 Å². The van der Waals surface area contributed by atoms with Gasteiger partial charge in [-0.15, -0.1) is 24.0 Å². The van der Waals surface area contributed by atoms with Crippen LogP contribution in [0.4, 0.5) is 0 Å². The van der Waals surface area contributed by atoms with E-state index in [1.54, 1.807) is 23.5 Å². The third-order valence-electron chi connectivity index (χ3n) is 5.47. The van der Waals surface area contributed by atoms with Gasteiger partial charge in [0.2, 0.25) is 10.0 Å². The summed E-state index contributed by atoms with van der Waals surface area (Å²) in [6.07, 6.45) is 4.03. The minimum atomic E-state index is -3.46. The van der Waals surface area contributed by atoms with Crippen LogP contribution in [-0.2, 0) is 21.3 Å². The summed E-state index contributed by atoms with van der Waals surface area (Å²) in [5.74, 6) is 1.27. The van der Waals surface area contributed by atoms with Crippen molar-refractivity contribution in [1.82, 2.24) is 14.5 Å². The number of piperidine rings is 1. The Morgan fingerprint density at radius 1 is 1.28 bits per heavy atom. The van der Waals surface area contributed by atoms with Crippen LogP contribution < -0.4 is 5.32 Å². The lowest BCUT2D eigenvalue weighted by atomic mass is 10.1. The highest BCUT2D eigenvalue weighted by molar-refractivity contribution is 14.0. The number of sulfonamides is 1. The molecule has 0 aromatic heterocycles. The fourth-order valence-corrected chi connectivity index (χ4v) is 5.65. The van der Waals surface area contributed by atoms with Gasteiger partial charge in [-0.25, -0.2) is 8.42 Å². The number of benzene rings is 1. The molecule has 0 radical (unpaired) electrons. The second-order valence-corrected chi connectivity index (χ2v) is 9.49. The van der Waals surface area contributed by atoms with Crippen molar-refractivity contribution in [2.45, 2.75) is 37.1 Å². The third-order valence-corrected chi connectivity index (χ3v) is 7.47. The van der Waals surface area contributed by atoms with Gasteiger partial charge in [-0.2, -0.15) is 4.31 Å². The lowest BCUT2D eigenvalue weighted by Crippen LogP contribution is -2.41. The number of nitrogens with one attached hydrogen (secondary N) is 1. The van der Waals surface area contributed by atoms with Gasteiger partial charge < -0.3 is 15.0 Å². The van der Waals surface area contributed by atoms with Gasteiger partial charge >= 0.3 is 0 Å². The van der Waals surface area contributed by atoms with Crippen molar-refractivity contribution in [2.75, 3.05) is 46.9 Å². The van der Waals surface area contributed by atoms with E-state index in [0.29, 0.717) is 30.4 Å². The number of halogens is 1. The molecule has 0 spiro atoms. The Balaban J connectivity index is 0.00000300. The highest BCUT2D eigenvalue weighted by Gasteiger charge is 2.28. The molecule has 0 amide bonds. The number of nitrogens with zero attached hydrogens (tertiary/aromatic N) is 3.